The Morgan fingerprint density at radius 1 is 1.21 bits per heavy atom. The minimum Gasteiger partial charge on any atom is -0.372 e. The molecule has 2 saturated heterocycles. The molecule has 2 heterocycles. The number of urea groups is 1. The molecular formula is C18H27N3O2S. The number of benzene rings is 1. The molecule has 132 valence electrons. The third-order valence-corrected chi connectivity index (χ3v) is 5.45. The van der Waals surface area contributed by atoms with Gasteiger partial charge in [-0.1, -0.05) is 0 Å². The molecule has 0 unspecified atom stereocenters. The Morgan fingerprint density at radius 2 is 1.88 bits per heavy atom. The fourth-order valence-corrected chi connectivity index (χ4v) is 4.34. The molecule has 0 spiro atoms. The molecule has 5 nitrogen and oxygen atoms in total. The molecule has 2 aliphatic heterocycles. The van der Waals surface area contributed by atoms with Crippen molar-refractivity contribution in [2.75, 3.05) is 47.9 Å². The van der Waals surface area contributed by atoms with Crippen LogP contribution in [-0.2, 0) is 4.74 Å². The molecule has 3 rings (SSSR count). The van der Waals surface area contributed by atoms with Gasteiger partial charge in [0.2, 0.25) is 0 Å². The zero-order valence-electron chi connectivity index (χ0n) is 14.7. The summed E-state index contributed by atoms with van der Waals surface area (Å²) in [6.45, 7) is 9.60. The second kappa shape index (κ2) is 7.66. The highest BCUT2D eigenvalue weighted by Crippen LogP contribution is 2.26. The van der Waals surface area contributed by atoms with Crippen molar-refractivity contribution in [2.24, 2.45) is 0 Å². The third-order valence-electron chi connectivity index (χ3n) is 4.51. The number of hydrogen-bond acceptors (Lipinski definition) is 4. The molecule has 2 fully saturated rings. The highest BCUT2D eigenvalue weighted by molar-refractivity contribution is 7.99. The lowest BCUT2D eigenvalue weighted by molar-refractivity contribution is -0.0530. The van der Waals surface area contributed by atoms with Crippen LogP contribution in [0.1, 0.15) is 19.4 Å². The van der Waals surface area contributed by atoms with Gasteiger partial charge in [-0.3, -0.25) is 0 Å². The fourth-order valence-electron chi connectivity index (χ4n) is 3.44. The lowest BCUT2D eigenvalue weighted by Crippen LogP contribution is -2.49. The van der Waals surface area contributed by atoms with Crippen molar-refractivity contribution in [1.82, 2.24) is 4.90 Å². The molecule has 0 bridgehead atoms. The highest BCUT2D eigenvalue weighted by atomic mass is 32.2. The van der Waals surface area contributed by atoms with E-state index >= 15 is 0 Å². The van der Waals surface area contributed by atoms with Crippen LogP contribution in [0.4, 0.5) is 16.2 Å². The lowest BCUT2D eigenvalue weighted by atomic mass is 10.1. The van der Waals surface area contributed by atoms with Crippen molar-refractivity contribution in [3.8, 4) is 0 Å². The average molecular weight is 350 g/mol. The number of anilines is 2. The van der Waals surface area contributed by atoms with Crippen molar-refractivity contribution in [3.05, 3.63) is 23.8 Å². The van der Waals surface area contributed by atoms with Gasteiger partial charge in [0.1, 0.15) is 0 Å². The number of rotatable bonds is 2. The molecule has 2 amide bonds. The van der Waals surface area contributed by atoms with Gasteiger partial charge in [-0.05, 0) is 44.5 Å². The standard InChI is InChI=1S/C18H27N3O2S/c1-13-10-16(4-5-17(13)20-6-8-24-9-7-20)19-18(22)21-11-14(2)23-15(3)12-21/h4-5,10,14-15H,6-9,11-12H2,1-3H3,(H,19,22)/t14-,15-/m0/s1. The van der Waals surface area contributed by atoms with E-state index in [2.05, 4.69) is 29.3 Å². The first-order valence-electron chi connectivity index (χ1n) is 8.67. The number of hydrogen-bond donors (Lipinski definition) is 1. The van der Waals surface area contributed by atoms with Gasteiger partial charge >= 0.3 is 6.03 Å². The lowest BCUT2D eigenvalue weighted by Gasteiger charge is -2.35. The second-order valence-corrected chi connectivity index (χ2v) is 7.92. The van der Waals surface area contributed by atoms with Gasteiger partial charge in [0.15, 0.2) is 0 Å². The maximum absolute atomic E-state index is 12.5. The van der Waals surface area contributed by atoms with E-state index in [9.17, 15) is 4.79 Å². The Balaban J connectivity index is 1.64. The van der Waals surface area contributed by atoms with Crippen molar-refractivity contribution in [2.45, 2.75) is 33.0 Å². The van der Waals surface area contributed by atoms with E-state index in [1.165, 1.54) is 22.8 Å². The normalized spacial score (nSPS) is 24.8. The minimum absolute atomic E-state index is 0.0430. The van der Waals surface area contributed by atoms with E-state index < -0.39 is 0 Å². The Kier molecular flexibility index (Phi) is 5.56. The number of nitrogens with one attached hydrogen (secondary N) is 1. The quantitative estimate of drug-likeness (QED) is 0.891. The van der Waals surface area contributed by atoms with Gasteiger partial charge in [0.25, 0.3) is 0 Å². The first kappa shape index (κ1) is 17.4. The van der Waals surface area contributed by atoms with E-state index in [4.69, 9.17) is 4.74 Å². The highest BCUT2D eigenvalue weighted by Gasteiger charge is 2.26. The van der Waals surface area contributed by atoms with E-state index in [1.807, 2.05) is 36.6 Å². The van der Waals surface area contributed by atoms with Gasteiger partial charge in [-0.15, -0.1) is 0 Å². The van der Waals surface area contributed by atoms with Crippen LogP contribution >= 0.6 is 11.8 Å². The molecule has 0 aliphatic carbocycles. The van der Waals surface area contributed by atoms with E-state index in [1.54, 1.807) is 0 Å². The van der Waals surface area contributed by atoms with Crippen molar-refractivity contribution < 1.29 is 9.53 Å². The van der Waals surface area contributed by atoms with Crippen LogP contribution in [0.25, 0.3) is 0 Å². The van der Waals surface area contributed by atoms with Crippen LogP contribution in [0.3, 0.4) is 0 Å². The first-order chi connectivity index (χ1) is 11.5. The SMILES string of the molecule is Cc1cc(NC(=O)N2C[C@H](C)O[C@@H](C)C2)ccc1N1CCSCC1. The molecule has 1 N–H and O–H groups in total. The van der Waals surface area contributed by atoms with Crippen LogP contribution in [0.2, 0.25) is 0 Å². The Labute approximate surface area is 148 Å². The van der Waals surface area contributed by atoms with Crippen LogP contribution < -0.4 is 10.2 Å². The molecule has 24 heavy (non-hydrogen) atoms. The summed E-state index contributed by atoms with van der Waals surface area (Å²) in [5, 5.41) is 3.03. The minimum atomic E-state index is -0.0430. The molecule has 1 aromatic carbocycles. The van der Waals surface area contributed by atoms with Crippen molar-refractivity contribution in [3.63, 3.8) is 0 Å². The fraction of sp³-hybridized carbons (Fsp3) is 0.611. The molecule has 0 radical (unpaired) electrons. The molecule has 0 saturated carbocycles. The number of morpholine rings is 1. The summed E-state index contributed by atoms with van der Waals surface area (Å²) >= 11 is 2.01. The van der Waals surface area contributed by atoms with Crippen LogP contribution in [0.5, 0.6) is 0 Å². The summed E-state index contributed by atoms with van der Waals surface area (Å²) in [6, 6.07) is 6.17. The Bertz CT molecular complexity index is 580. The molecule has 0 aromatic heterocycles. The van der Waals surface area contributed by atoms with Gasteiger partial charge in [-0.2, -0.15) is 11.8 Å². The topological polar surface area (TPSA) is 44.8 Å². The number of carbonyl (C=O) groups excluding carboxylic acids is 1. The summed E-state index contributed by atoms with van der Waals surface area (Å²) in [7, 11) is 0. The molecular weight excluding hydrogens is 322 g/mol. The average Bonchev–Trinajstić information content (AvgIpc) is 2.55. The Hall–Kier alpha value is -1.40. The summed E-state index contributed by atoms with van der Waals surface area (Å²) in [4.78, 5) is 16.8. The first-order valence-corrected chi connectivity index (χ1v) is 9.83. The number of ether oxygens (including phenoxy) is 1. The van der Waals surface area contributed by atoms with Crippen molar-refractivity contribution in [1.29, 1.82) is 0 Å². The Morgan fingerprint density at radius 3 is 2.50 bits per heavy atom. The van der Waals surface area contributed by atoms with Crippen LogP contribution in [0, 0.1) is 6.92 Å². The van der Waals surface area contributed by atoms with E-state index in [-0.39, 0.29) is 18.2 Å². The van der Waals surface area contributed by atoms with Gasteiger partial charge in [-0.25, -0.2) is 4.79 Å². The second-order valence-electron chi connectivity index (χ2n) is 6.69. The molecule has 2 aliphatic rings. The third kappa shape index (κ3) is 4.16. The van der Waals surface area contributed by atoms with Crippen molar-refractivity contribution >= 4 is 29.2 Å². The van der Waals surface area contributed by atoms with Crippen LogP contribution in [-0.4, -0.2) is 60.8 Å². The molecule has 2 atom stereocenters. The summed E-state index contributed by atoms with van der Waals surface area (Å²) in [5.74, 6) is 2.37. The summed E-state index contributed by atoms with van der Waals surface area (Å²) in [5.41, 5.74) is 3.35. The number of aryl methyl sites for hydroxylation is 1. The van der Waals surface area contributed by atoms with E-state index in [0.717, 1.165) is 18.8 Å². The maximum atomic E-state index is 12.5. The van der Waals surface area contributed by atoms with Gasteiger partial charge in [0, 0.05) is 49.1 Å². The maximum Gasteiger partial charge on any atom is 0.322 e. The number of carbonyl (C=O) groups is 1. The monoisotopic (exact) mass is 349 g/mol. The predicted molar refractivity (Wildman–Crippen MR) is 101 cm³/mol. The number of nitrogens with zero attached hydrogens (tertiary/aromatic N) is 2. The summed E-state index contributed by atoms with van der Waals surface area (Å²) < 4.78 is 5.69. The van der Waals surface area contributed by atoms with Crippen LogP contribution in [0.15, 0.2) is 18.2 Å². The van der Waals surface area contributed by atoms with Gasteiger partial charge < -0.3 is 19.9 Å². The summed E-state index contributed by atoms with van der Waals surface area (Å²) in [6.07, 6.45) is 0.168. The predicted octanol–water partition coefficient (Wildman–Crippen LogP) is 3.19. The largest absolute Gasteiger partial charge is 0.372 e. The smallest absolute Gasteiger partial charge is 0.322 e. The molecule has 6 heteroatoms. The molecule has 1 aromatic rings. The zero-order chi connectivity index (χ0) is 17.1. The van der Waals surface area contributed by atoms with E-state index in [0.29, 0.717) is 13.1 Å². The number of amides is 2. The number of thioether (sulfide) groups is 1. The van der Waals surface area contributed by atoms with Gasteiger partial charge in [0.05, 0.1) is 12.2 Å². The zero-order valence-corrected chi connectivity index (χ0v) is 15.6.